The van der Waals surface area contributed by atoms with Crippen LogP contribution in [0.15, 0.2) is 39.5 Å². The molecule has 2 aromatic carbocycles. The highest BCUT2D eigenvalue weighted by atomic mass is 16.7. The van der Waals surface area contributed by atoms with E-state index in [1.165, 1.54) is 6.07 Å². The third-order valence-corrected chi connectivity index (χ3v) is 7.80. The summed E-state index contributed by atoms with van der Waals surface area (Å²) in [5, 5.41) is 102. The lowest BCUT2D eigenvalue weighted by atomic mass is 9.82. The van der Waals surface area contributed by atoms with Crippen molar-refractivity contribution in [2.75, 3.05) is 6.61 Å². The van der Waals surface area contributed by atoms with E-state index in [0.29, 0.717) is 0 Å². The Balaban J connectivity index is 1.48. The molecular formula is C28H32O15. The van der Waals surface area contributed by atoms with Crippen molar-refractivity contribution in [1.29, 1.82) is 0 Å². The largest absolute Gasteiger partial charge is 0.508 e. The molecule has 0 amide bonds. The zero-order valence-corrected chi connectivity index (χ0v) is 22.6. The van der Waals surface area contributed by atoms with Gasteiger partial charge in [-0.1, -0.05) is 6.92 Å². The molecule has 1 aliphatic heterocycles. The zero-order valence-electron chi connectivity index (χ0n) is 22.6. The molecule has 1 aliphatic carbocycles. The van der Waals surface area contributed by atoms with Crippen LogP contribution in [0.2, 0.25) is 0 Å². The average Bonchev–Trinajstić information content (AvgIpc) is 2.96. The van der Waals surface area contributed by atoms with Crippen molar-refractivity contribution < 1.29 is 69.7 Å². The molecule has 1 aromatic heterocycles. The maximum Gasteiger partial charge on any atom is 0.239 e. The van der Waals surface area contributed by atoms with Crippen molar-refractivity contribution in [3.05, 3.63) is 40.6 Å². The van der Waals surface area contributed by atoms with Crippen molar-refractivity contribution in [3.63, 3.8) is 0 Å². The van der Waals surface area contributed by atoms with Gasteiger partial charge in [0.2, 0.25) is 17.5 Å². The number of hydrogen-bond acceptors (Lipinski definition) is 15. The molecule has 0 spiro atoms. The maximum absolute atomic E-state index is 13.6. The van der Waals surface area contributed by atoms with Gasteiger partial charge in [0, 0.05) is 17.7 Å². The summed E-state index contributed by atoms with van der Waals surface area (Å²) in [5.41, 5.74) is -1.30. The first-order valence-electron chi connectivity index (χ1n) is 13.4. The van der Waals surface area contributed by atoms with Crippen LogP contribution >= 0.6 is 0 Å². The highest BCUT2D eigenvalue weighted by molar-refractivity contribution is 5.88. The van der Waals surface area contributed by atoms with Gasteiger partial charge in [0.1, 0.15) is 59.1 Å². The summed E-state index contributed by atoms with van der Waals surface area (Å²) in [5.74, 6) is -3.68. The van der Waals surface area contributed by atoms with E-state index in [0.717, 1.165) is 24.3 Å². The molecule has 10 N–H and O–H groups in total. The standard InChI is InChI=1S/C28H32O15/c1-9-4-16(20(34)23(37)19(9)33)40-8-17-21(35)24(38)25(39)28(42-17)43-27-22(36)18-14(32)6-11(29)7-15(18)41-26(27)10-2-3-12(30)13(31)5-10/h2-3,5-7,9,16-17,19-21,23-25,28-35,37-39H,4,8H2,1H3/t9?,16-,17?,19+,20?,21-,23?,24?,25?,28+/m1/s1. The van der Waals surface area contributed by atoms with E-state index in [1.807, 2.05) is 0 Å². The maximum atomic E-state index is 13.6. The predicted molar refractivity (Wildman–Crippen MR) is 143 cm³/mol. The number of benzene rings is 2. The SMILES string of the molecule is CC1C[C@@H](OCC2O[C@@H](Oc3c(-c4ccc(O)c(O)c4)oc4cc(O)cc(O)c4c3=O)C(O)C(O)[C@@H]2O)C(O)C(O)[C@H]1O. The number of aliphatic hydroxyl groups is 6. The van der Waals surface area contributed by atoms with E-state index in [1.54, 1.807) is 6.92 Å². The van der Waals surface area contributed by atoms with Gasteiger partial charge in [0.05, 0.1) is 18.8 Å². The molecule has 6 unspecified atom stereocenters. The normalized spacial score (nSPS) is 33.0. The number of ether oxygens (including phenoxy) is 3. The van der Waals surface area contributed by atoms with E-state index >= 15 is 0 Å². The van der Waals surface area contributed by atoms with Crippen LogP contribution in [0.25, 0.3) is 22.3 Å². The Kier molecular flexibility index (Phi) is 8.43. The summed E-state index contributed by atoms with van der Waals surface area (Å²) in [6.07, 6.45) is -13.7. The minimum Gasteiger partial charge on any atom is -0.508 e. The van der Waals surface area contributed by atoms with Crippen LogP contribution in [0.4, 0.5) is 0 Å². The van der Waals surface area contributed by atoms with Crippen LogP contribution in [0, 0.1) is 5.92 Å². The lowest BCUT2D eigenvalue weighted by molar-refractivity contribution is -0.285. The van der Waals surface area contributed by atoms with Crippen molar-refractivity contribution in [1.82, 2.24) is 0 Å². The fourth-order valence-electron chi connectivity index (χ4n) is 5.29. The number of phenols is 4. The third-order valence-electron chi connectivity index (χ3n) is 7.80. The predicted octanol–water partition coefficient (Wildman–Crippen LogP) is -1.02. The molecule has 2 fully saturated rings. The van der Waals surface area contributed by atoms with Crippen molar-refractivity contribution in [3.8, 4) is 40.1 Å². The number of aliphatic hydroxyl groups excluding tert-OH is 6. The lowest BCUT2D eigenvalue weighted by Gasteiger charge is -2.42. The molecule has 10 atom stereocenters. The van der Waals surface area contributed by atoms with Crippen LogP contribution < -0.4 is 10.2 Å². The van der Waals surface area contributed by atoms with Gasteiger partial charge in [-0.3, -0.25) is 4.79 Å². The number of fused-ring (bicyclic) bond motifs is 1. The van der Waals surface area contributed by atoms with Gasteiger partial charge < -0.3 is 69.7 Å². The lowest BCUT2D eigenvalue weighted by Crippen LogP contribution is -2.61. The fourth-order valence-corrected chi connectivity index (χ4v) is 5.29. The van der Waals surface area contributed by atoms with Gasteiger partial charge in [-0.2, -0.15) is 0 Å². The Labute approximate surface area is 242 Å². The summed E-state index contributed by atoms with van der Waals surface area (Å²) >= 11 is 0. The van der Waals surface area contributed by atoms with Crippen LogP contribution in [-0.4, -0.2) is 113 Å². The van der Waals surface area contributed by atoms with E-state index in [9.17, 15) is 55.9 Å². The second-order valence-electron chi connectivity index (χ2n) is 10.8. The molecule has 234 valence electrons. The van der Waals surface area contributed by atoms with E-state index in [2.05, 4.69) is 0 Å². The number of aromatic hydroxyl groups is 4. The van der Waals surface area contributed by atoms with Gasteiger partial charge in [0.25, 0.3) is 0 Å². The molecule has 3 aromatic rings. The third kappa shape index (κ3) is 5.69. The Morgan fingerprint density at radius 3 is 2.21 bits per heavy atom. The number of hydrogen-bond donors (Lipinski definition) is 10. The van der Waals surface area contributed by atoms with Gasteiger partial charge in [-0.05, 0) is 30.5 Å². The number of rotatable bonds is 6. The first kappa shape index (κ1) is 30.8. The fraction of sp³-hybridized carbons (Fsp3) is 0.464. The summed E-state index contributed by atoms with van der Waals surface area (Å²) in [6.45, 7) is 1.17. The molecule has 15 nitrogen and oxygen atoms in total. The van der Waals surface area contributed by atoms with E-state index in [4.69, 9.17) is 18.6 Å². The first-order chi connectivity index (χ1) is 20.3. The molecule has 15 heteroatoms. The minimum absolute atomic E-state index is 0.0148. The second-order valence-corrected chi connectivity index (χ2v) is 10.8. The van der Waals surface area contributed by atoms with Crippen molar-refractivity contribution in [2.45, 2.75) is 68.5 Å². The van der Waals surface area contributed by atoms with Gasteiger partial charge in [-0.15, -0.1) is 0 Å². The molecule has 5 rings (SSSR count). The molecular weight excluding hydrogens is 576 g/mol. The van der Waals surface area contributed by atoms with Gasteiger partial charge >= 0.3 is 0 Å². The monoisotopic (exact) mass is 608 g/mol. The van der Waals surface area contributed by atoms with Crippen molar-refractivity contribution >= 4 is 11.0 Å². The Morgan fingerprint density at radius 2 is 1.51 bits per heavy atom. The van der Waals surface area contributed by atoms with Gasteiger partial charge in [-0.25, -0.2) is 0 Å². The Hall–Kier alpha value is -3.67. The highest BCUT2D eigenvalue weighted by Crippen LogP contribution is 2.39. The molecule has 43 heavy (non-hydrogen) atoms. The zero-order chi connectivity index (χ0) is 31.3. The van der Waals surface area contributed by atoms with Crippen LogP contribution in [0.5, 0.6) is 28.7 Å². The van der Waals surface area contributed by atoms with Crippen LogP contribution in [0.1, 0.15) is 13.3 Å². The second kappa shape index (κ2) is 11.8. The summed E-state index contributed by atoms with van der Waals surface area (Å²) < 4.78 is 22.8. The minimum atomic E-state index is -1.94. The first-order valence-corrected chi connectivity index (χ1v) is 13.4. The molecule has 0 radical (unpaired) electrons. The van der Waals surface area contributed by atoms with Gasteiger partial charge in [0.15, 0.2) is 17.3 Å². The average molecular weight is 609 g/mol. The number of phenolic OH excluding ortho intramolecular Hbond substituents is 4. The molecule has 1 saturated carbocycles. The highest BCUT2D eigenvalue weighted by Gasteiger charge is 2.47. The molecule has 2 aliphatic rings. The molecule has 0 bridgehead atoms. The smallest absolute Gasteiger partial charge is 0.239 e. The van der Waals surface area contributed by atoms with E-state index < -0.39 is 107 Å². The molecule has 1 saturated heterocycles. The van der Waals surface area contributed by atoms with Crippen LogP contribution in [0.3, 0.4) is 0 Å². The molecule has 2 heterocycles. The summed E-state index contributed by atoms with van der Waals surface area (Å²) in [7, 11) is 0. The topological polar surface area (TPSA) is 260 Å². The Bertz CT molecular complexity index is 1540. The summed E-state index contributed by atoms with van der Waals surface area (Å²) in [4.78, 5) is 13.6. The van der Waals surface area contributed by atoms with Crippen LogP contribution in [-0.2, 0) is 9.47 Å². The summed E-state index contributed by atoms with van der Waals surface area (Å²) in [6, 6.07) is 5.30. The van der Waals surface area contributed by atoms with E-state index in [-0.39, 0.29) is 23.3 Å². The quantitative estimate of drug-likeness (QED) is 0.150. The Morgan fingerprint density at radius 1 is 0.814 bits per heavy atom. The van der Waals surface area contributed by atoms with Crippen molar-refractivity contribution in [2.24, 2.45) is 5.92 Å².